The van der Waals surface area contributed by atoms with E-state index in [1.165, 1.54) is 0 Å². The molecular formula is C13H17BN4O2. The molecule has 0 bridgehead atoms. The van der Waals surface area contributed by atoms with Crippen LogP contribution in [0, 0.1) is 0 Å². The Hall–Kier alpha value is -1.73. The summed E-state index contributed by atoms with van der Waals surface area (Å²) in [7, 11) is -0.984. The van der Waals surface area contributed by atoms with Crippen LogP contribution in [0.25, 0.3) is 11.4 Å². The van der Waals surface area contributed by atoms with E-state index in [9.17, 15) is 0 Å². The van der Waals surface area contributed by atoms with Crippen molar-refractivity contribution in [2.24, 2.45) is 0 Å². The number of benzene rings is 1. The molecule has 3 rings (SSSR count). The second-order valence-corrected chi connectivity index (χ2v) is 5.61. The molecule has 2 heterocycles. The Balaban J connectivity index is 2.15. The number of nitrogens with zero attached hydrogens (tertiary/aromatic N) is 3. The molecule has 1 aliphatic rings. The normalized spacial score (nSPS) is 23.1. The molecule has 6 nitrogen and oxygen atoms in total. The zero-order valence-electron chi connectivity index (χ0n) is 15.7. The highest BCUT2D eigenvalue weighted by atomic mass is 16.7. The summed E-state index contributed by atoms with van der Waals surface area (Å²) < 4.78 is 44.6. The molecule has 0 aliphatic carbocycles. The van der Waals surface area contributed by atoms with Crippen LogP contribution in [0.1, 0.15) is 33.2 Å². The number of nitrogens with one attached hydrogen (secondary N) is 1. The number of rotatable bonds is 2. The summed E-state index contributed by atoms with van der Waals surface area (Å²) in [4.78, 5) is 0. The van der Waals surface area contributed by atoms with Crippen LogP contribution in [0.2, 0.25) is 0 Å². The number of aromatic amines is 1. The quantitative estimate of drug-likeness (QED) is 0.833. The smallest absolute Gasteiger partial charge is 0.399 e. The van der Waals surface area contributed by atoms with Gasteiger partial charge in [0, 0.05) is 5.56 Å². The molecule has 1 aliphatic heterocycles. The predicted octanol–water partition coefficient (Wildman–Crippen LogP) is 1.17. The number of H-pyrrole nitrogens is 1. The van der Waals surface area contributed by atoms with E-state index in [0.717, 1.165) is 0 Å². The highest BCUT2D eigenvalue weighted by molar-refractivity contribution is 6.62. The van der Waals surface area contributed by atoms with Crippen molar-refractivity contribution in [3.8, 4) is 11.4 Å². The van der Waals surface area contributed by atoms with Crippen LogP contribution in [-0.2, 0) is 9.31 Å². The lowest BCUT2D eigenvalue weighted by Crippen LogP contribution is -2.41. The van der Waals surface area contributed by atoms with Crippen LogP contribution in [0.3, 0.4) is 0 Å². The summed E-state index contributed by atoms with van der Waals surface area (Å²) >= 11 is 0. The molecule has 0 saturated carbocycles. The van der Waals surface area contributed by atoms with Crippen LogP contribution in [0.4, 0.5) is 0 Å². The fourth-order valence-electron chi connectivity index (χ4n) is 1.78. The number of hydrogen-bond acceptors (Lipinski definition) is 5. The molecule has 0 radical (unpaired) electrons. The van der Waals surface area contributed by atoms with E-state index >= 15 is 0 Å². The van der Waals surface area contributed by atoms with Crippen molar-refractivity contribution in [1.82, 2.24) is 20.6 Å². The number of tetrazole rings is 1. The zero-order valence-corrected chi connectivity index (χ0v) is 11.7. The molecule has 2 aromatic rings. The largest absolute Gasteiger partial charge is 0.494 e. The predicted molar refractivity (Wildman–Crippen MR) is 75.3 cm³/mol. The molecule has 104 valence electrons. The standard InChI is InChI=1S/C13H17BN4O2/c1-12(2)13(3,4)20-14(19-12)10-7-5-9(6-8-10)11-15-17-18-16-11/h5-8H,1-4H3,(H,15,16,17,18)/i5D,6D,7D,8D. The third-order valence-electron chi connectivity index (χ3n) is 3.70. The number of hydrogen-bond donors (Lipinski definition) is 1. The van der Waals surface area contributed by atoms with Gasteiger partial charge >= 0.3 is 7.12 Å². The first-order valence-corrected chi connectivity index (χ1v) is 6.26. The highest BCUT2D eigenvalue weighted by Gasteiger charge is 2.51. The third kappa shape index (κ3) is 2.12. The van der Waals surface area contributed by atoms with Gasteiger partial charge in [-0.2, -0.15) is 5.21 Å². The lowest BCUT2D eigenvalue weighted by molar-refractivity contribution is 0.00578. The van der Waals surface area contributed by atoms with E-state index < -0.39 is 18.3 Å². The van der Waals surface area contributed by atoms with Crippen LogP contribution >= 0.6 is 0 Å². The van der Waals surface area contributed by atoms with Crippen molar-refractivity contribution >= 4 is 12.6 Å². The van der Waals surface area contributed by atoms with Gasteiger partial charge in [0.2, 0.25) is 5.82 Å². The Kier molecular flexibility index (Phi) is 2.03. The fraction of sp³-hybridized carbons (Fsp3) is 0.462. The topological polar surface area (TPSA) is 72.9 Å². The molecule has 0 atom stereocenters. The average molecular weight is 276 g/mol. The van der Waals surface area contributed by atoms with Gasteiger partial charge in [0.05, 0.1) is 16.7 Å². The van der Waals surface area contributed by atoms with Gasteiger partial charge in [0.1, 0.15) is 0 Å². The SMILES string of the molecule is [2H]c1c([2H])c(-c2nn[nH]n2)c([2H])c([2H])c1B1OC(C)(C)C(C)(C)O1. The minimum Gasteiger partial charge on any atom is -0.399 e. The number of aromatic nitrogens is 4. The van der Waals surface area contributed by atoms with E-state index in [2.05, 4.69) is 20.6 Å². The Bertz CT molecular complexity index is 753. The molecule has 1 aromatic heterocycles. The van der Waals surface area contributed by atoms with E-state index in [4.69, 9.17) is 14.8 Å². The molecule has 1 aromatic carbocycles. The first kappa shape index (κ1) is 9.25. The van der Waals surface area contributed by atoms with Crippen LogP contribution in [0.5, 0.6) is 0 Å². The maximum Gasteiger partial charge on any atom is 0.494 e. The summed E-state index contributed by atoms with van der Waals surface area (Å²) in [6, 6.07) is -1.01. The van der Waals surface area contributed by atoms with Gasteiger partial charge < -0.3 is 9.31 Å². The van der Waals surface area contributed by atoms with Gasteiger partial charge in [0.25, 0.3) is 0 Å². The molecule has 0 amide bonds. The monoisotopic (exact) mass is 276 g/mol. The summed E-state index contributed by atoms with van der Waals surface area (Å²) in [5.74, 6) is 0.00692. The van der Waals surface area contributed by atoms with Gasteiger partial charge in [-0.15, -0.1) is 10.2 Å². The molecule has 1 N–H and O–H groups in total. The van der Waals surface area contributed by atoms with Crippen molar-refractivity contribution in [2.45, 2.75) is 38.9 Å². The Morgan fingerprint density at radius 1 is 1.10 bits per heavy atom. The lowest BCUT2D eigenvalue weighted by Gasteiger charge is -2.32. The van der Waals surface area contributed by atoms with Gasteiger partial charge in [-0.25, -0.2) is 0 Å². The summed E-state index contributed by atoms with van der Waals surface area (Å²) in [6.45, 7) is 7.43. The summed E-state index contributed by atoms with van der Waals surface area (Å²) in [5.41, 5.74) is -1.24. The zero-order chi connectivity index (χ0) is 17.9. The first-order chi connectivity index (χ1) is 11.1. The van der Waals surface area contributed by atoms with E-state index in [-0.39, 0.29) is 41.0 Å². The molecular weight excluding hydrogens is 255 g/mol. The second-order valence-electron chi connectivity index (χ2n) is 5.61. The Morgan fingerprint density at radius 3 is 2.20 bits per heavy atom. The molecule has 1 fully saturated rings. The third-order valence-corrected chi connectivity index (χ3v) is 3.70. The van der Waals surface area contributed by atoms with Crippen LogP contribution in [-0.4, -0.2) is 38.9 Å². The van der Waals surface area contributed by atoms with E-state index in [1.807, 2.05) is 27.7 Å². The van der Waals surface area contributed by atoms with Crippen molar-refractivity contribution in [2.75, 3.05) is 0 Å². The first-order valence-electron chi connectivity index (χ1n) is 8.26. The lowest BCUT2D eigenvalue weighted by atomic mass is 9.79. The van der Waals surface area contributed by atoms with Crippen molar-refractivity contribution in [3.05, 3.63) is 24.2 Å². The maximum absolute atomic E-state index is 8.26. The van der Waals surface area contributed by atoms with Gasteiger partial charge in [-0.3, -0.25) is 0 Å². The summed E-state index contributed by atoms with van der Waals surface area (Å²) in [6.07, 6.45) is 0. The maximum atomic E-state index is 8.26. The molecule has 20 heavy (non-hydrogen) atoms. The fourth-order valence-corrected chi connectivity index (χ4v) is 1.78. The van der Waals surface area contributed by atoms with Crippen LogP contribution < -0.4 is 5.46 Å². The molecule has 1 saturated heterocycles. The van der Waals surface area contributed by atoms with Gasteiger partial charge in [0.15, 0.2) is 0 Å². The van der Waals surface area contributed by atoms with Gasteiger partial charge in [-0.05, 0) is 38.4 Å². The minimum absolute atomic E-state index is 0.00692. The highest BCUT2D eigenvalue weighted by Crippen LogP contribution is 2.36. The Morgan fingerprint density at radius 2 is 1.70 bits per heavy atom. The van der Waals surface area contributed by atoms with E-state index in [1.54, 1.807) is 0 Å². The average Bonchev–Trinajstić information content (AvgIpc) is 3.05. The van der Waals surface area contributed by atoms with Gasteiger partial charge in [-0.1, -0.05) is 24.2 Å². The summed E-state index contributed by atoms with van der Waals surface area (Å²) in [5, 5.41) is 13.1. The Labute approximate surface area is 123 Å². The van der Waals surface area contributed by atoms with Crippen molar-refractivity contribution < 1.29 is 14.8 Å². The van der Waals surface area contributed by atoms with Crippen LogP contribution in [0.15, 0.2) is 24.2 Å². The molecule has 7 heteroatoms. The molecule has 0 spiro atoms. The minimum atomic E-state index is -0.984. The van der Waals surface area contributed by atoms with Crippen molar-refractivity contribution in [1.29, 1.82) is 0 Å². The van der Waals surface area contributed by atoms with Crippen molar-refractivity contribution in [3.63, 3.8) is 0 Å². The molecule has 0 unspecified atom stereocenters. The van der Waals surface area contributed by atoms with E-state index in [0.29, 0.717) is 0 Å². The second kappa shape index (κ2) is 4.39.